The van der Waals surface area contributed by atoms with Gasteiger partial charge in [-0.2, -0.15) is 0 Å². The highest BCUT2D eigenvalue weighted by Crippen LogP contribution is 2.43. The molecule has 1 heterocycles. The molecule has 1 saturated carbocycles. The van der Waals surface area contributed by atoms with E-state index in [0.29, 0.717) is 6.04 Å². The number of nitrogens with zero attached hydrogens (tertiary/aromatic N) is 1. The van der Waals surface area contributed by atoms with Crippen LogP contribution in [0.15, 0.2) is 18.2 Å². The first-order chi connectivity index (χ1) is 9.20. The molecule has 2 fully saturated rings. The quantitative estimate of drug-likeness (QED) is 0.893. The van der Waals surface area contributed by atoms with Crippen LogP contribution in [0.2, 0.25) is 0 Å². The third kappa shape index (κ3) is 2.25. The molecule has 1 saturated heterocycles. The van der Waals surface area contributed by atoms with Crippen molar-refractivity contribution in [2.75, 3.05) is 18.0 Å². The number of benzene rings is 1. The monoisotopic (exact) mass is 262 g/mol. The molecule has 1 aromatic carbocycles. The van der Waals surface area contributed by atoms with Crippen molar-refractivity contribution in [2.24, 2.45) is 5.92 Å². The van der Waals surface area contributed by atoms with Crippen molar-refractivity contribution in [2.45, 2.75) is 45.2 Å². The standard InChI is InChI=1S/C16H23FN2/c1-3-18-11(2)14-5-4-6-15(17)16(14)19-10-12-7-8-13(19)9-12/h4-6,11-13,18H,3,7-10H2,1-2H3. The lowest BCUT2D eigenvalue weighted by Gasteiger charge is -2.32. The lowest BCUT2D eigenvalue weighted by atomic mass is 10.0. The molecule has 2 aliphatic rings. The Balaban J connectivity index is 1.95. The highest BCUT2D eigenvalue weighted by molar-refractivity contribution is 5.58. The molecular weight excluding hydrogens is 239 g/mol. The van der Waals surface area contributed by atoms with Crippen LogP contribution < -0.4 is 10.2 Å². The van der Waals surface area contributed by atoms with Gasteiger partial charge >= 0.3 is 0 Å². The minimum absolute atomic E-state index is 0.0604. The lowest BCUT2D eigenvalue weighted by Crippen LogP contribution is -2.34. The van der Waals surface area contributed by atoms with Gasteiger partial charge in [0.1, 0.15) is 5.82 Å². The fourth-order valence-electron chi connectivity index (χ4n) is 3.80. The topological polar surface area (TPSA) is 15.3 Å². The Hall–Kier alpha value is -1.09. The maximum Gasteiger partial charge on any atom is 0.146 e. The van der Waals surface area contributed by atoms with Gasteiger partial charge in [-0.25, -0.2) is 4.39 Å². The van der Waals surface area contributed by atoms with Gasteiger partial charge < -0.3 is 10.2 Å². The molecule has 2 nitrogen and oxygen atoms in total. The predicted molar refractivity (Wildman–Crippen MR) is 77.0 cm³/mol. The zero-order valence-electron chi connectivity index (χ0n) is 11.8. The normalized spacial score (nSPS) is 27.0. The van der Waals surface area contributed by atoms with Crippen molar-refractivity contribution in [3.05, 3.63) is 29.6 Å². The molecule has 0 spiro atoms. The third-order valence-corrected chi connectivity index (χ3v) is 4.69. The van der Waals surface area contributed by atoms with E-state index in [0.717, 1.165) is 30.3 Å². The van der Waals surface area contributed by atoms with Gasteiger partial charge in [0.2, 0.25) is 0 Å². The number of halogens is 1. The molecule has 1 aromatic rings. The Labute approximate surface area is 115 Å². The Morgan fingerprint density at radius 3 is 2.89 bits per heavy atom. The van der Waals surface area contributed by atoms with Crippen LogP contribution in [0.5, 0.6) is 0 Å². The van der Waals surface area contributed by atoms with E-state index in [2.05, 4.69) is 30.1 Å². The summed E-state index contributed by atoms with van der Waals surface area (Å²) in [5, 5.41) is 3.40. The van der Waals surface area contributed by atoms with Gasteiger partial charge in [-0.05, 0) is 50.3 Å². The molecule has 2 bridgehead atoms. The SMILES string of the molecule is CCNC(C)c1cccc(F)c1N1CC2CCC1C2. The number of rotatable bonds is 4. The molecule has 3 unspecified atom stereocenters. The summed E-state index contributed by atoms with van der Waals surface area (Å²) in [6.45, 7) is 6.16. The molecule has 1 aliphatic heterocycles. The summed E-state index contributed by atoms with van der Waals surface area (Å²) in [5.74, 6) is 0.724. The number of anilines is 1. The van der Waals surface area contributed by atoms with Crippen molar-refractivity contribution in [1.29, 1.82) is 0 Å². The summed E-state index contributed by atoms with van der Waals surface area (Å²) < 4.78 is 14.4. The molecule has 3 rings (SSSR count). The molecule has 3 atom stereocenters. The van der Waals surface area contributed by atoms with Gasteiger partial charge in [0.15, 0.2) is 0 Å². The second-order valence-corrected chi connectivity index (χ2v) is 5.94. The van der Waals surface area contributed by atoms with Crippen molar-refractivity contribution in [3.63, 3.8) is 0 Å². The predicted octanol–water partition coefficient (Wildman–Crippen LogP) is 3.48. The van der Waals surface area contributed by atoms with Crippen LogP contribution in [0.1, 0.15) is 44.7 Å². The molecule has 0 aromatic heterocycles. The van der Waals surface area contributed by atoms with Crippen LogP contribution in [0.3, 0.4) is 0 Å². The molecule has 1 aliphatic carbocycles. The van der Waals surface area contributed by atoms with Crippen molar-refractivity contribution in [1.82, 2.24) is 5.32 Å². The van der Waals surface area contributed by atoms with E-state index in [1.807, 2.05) is 6.07 Å². The average Bonchev–Trinajstić information content (AvgIpc) is 3.01. The van der Waals surface area contributed by atoms with Gasteiger partial charge in [-0.1, -0.05) is 19.1 Å². The summed E-state index contributed by atoms with van der Waals surface area (Å²) in [6, 6.07) is 6.27. The molecule has 104 valence electrons. The molecule has 0 radical (unpaired) electrons. The summed E-state index contributed by atoms with van der Waals surface area (Å²) in [7, 11) is 0. The largest absolute Gasteiger partial charge is 0.366 e. The fourth-order valence-corrected chi connectivity index (χ4v) is 3.80. The second kappa shape index (κ2) is 5.12. The number of hydrogen-bond donors (Lipinski definition) is 1. The number of hydrogen-bond acceptors (Lipinski definition) is 2. The van der Waals surface area contributed by atoms with Crippen LogP contribution in [0.4, 0.5) is 10.1 Å². The van der Waals surface area contributed by atoms with E-state index in [9.17, 15) is 4.39 Å². The molecule has 1 N–H and O–H groups in total. The van der Waals surface area contributed by atoms with E-state index in [-0.39, 0.29) is 11.9 Å². The highest BCUT2D eigenvalue weighted by Gasteiger charge is 2.39. The summed E-state index contributed by atoms with van der Waals surface area (Å²) in [6.07, 6.45) is 3.81. The molecular formula is C16H23FN2. The maximum atomic E-state index is 14.4. The van der Waals surface area contributed by atoms with Gasteiger partial charge in [-0.15, -0.1) is 0 Å². The van der Waals surface area contributed by atoms with Crippen molar-refractivity contribution >= 4 is 5.69 Å². The zero-order chi connectivity index (χ0) is 13.4. The average molecular weight is 262 g/mol. The number of piperidine rings is 1. The van der Waals surface area contributed by atoms with Crippen molar-refractivity contribution < 1.29 is 4.39 Å². The van der Waals surface area contributed by atoms with E-state index >= 15 is 0 Å². The molecule has 19 heavy (non-hydrogen) atoms. The summed E-state index contributed by atoms with van der Waals surface area (Å²) in [5.41, 5.74) is 1.96. The first kappa shape index (κ1) is 12.9. The van der Waals surface area contributed by atoms with E-state index < -0.39 is 0 Å². The number of nitrogens with one attached hydrogen (secondary N) is 1. The molecule has 3 heteroatoms. The van der Waals surface area contributed by atoms with Gasteiger partial charge in [0.05, 0.1) is 5.69 Å². The van der Waals surface area contributed by atoms with E-state index in [1.54, 1.807) is 6.07 Å². The van der Waals surface area contributed by atoms with E-state index in [1.165, 1.54) is 19.3 Å². The second-order valence-electron chi connectivity index (χ2n) is 5.94. The van der Waals surface area contributed by atoms with Crippen molar-refractivity contribution in [3.8, 4) is 0 Å². The highest BCUT2D eigenvalue weighted by atomic mass is 19.1. The van der Waals surface area contributed by atoms with Crippen LogP contribution in [-0.2, 0) is 0 Å². The van der Waals surface area contributed by atoms with Crippen LogP contribution in [0.25, 0.3) is 0 Å². The van der Waals surface area contributed by atoms with Gasteiger partial charge in [-0.3, -0.25) is 0 Å². The Morgan fingerprint density at radius 2 is 2.26 bits per heavy atom. The molecule has 0 amide bonds. The van der Waals surface area contributed by atoms with Crippen LogP contribution in [-0.4, -0.2) is 19.1 Å². The van der Waals surface area contributed by atoms with Gasteiger partial charge in [0.25, 0.3) is 0 Å². The first-order valence-electron chi connectivity index (χ1n) is 7.49. The Kier molecular flexibility index (Phi) is 3.48. The Morgan fingerprint density at radius 1 is 1.42 bits per heavy atom. The summed E-state index contributed by atoms with van der Waals surface area (Å²) in [4.78, 5) is 2.33. The number of para-hydroxylation sites is 1. The van der Waals surface area contributed by atoms with Crippen LogP contribution >= 0.6 is 0 Å². The van der Waals surface area contributed by atoms with Crippen LogP contribution in [0, 0.1) is 11.7 Å². The first-order valence-corrected chi connectivity index (χ1v) is 7.49. The van der Waals surface area contributed by atoms with E-state index in [4.69, 9.17) is 0 Å². The smallest absolute Gasteiger partial charge is 0.146 e. The zero-order valence-corrected chi connectivity index (χ0v) is 11.8. The minimum Gasteiger partial charge on any atom is -0.366 e. The Bertz CT molecular complexity index is 460. The minimum atomic E-state index is -0.0604. The fraction of sp³-hybridized carbons (Fsp3) is 0.625. The van der Waals surface area contributed by atoms with Gasteiger partial charge in [0, 0.05) is 18.6 Å². The third-order valence-electron chi connectivity index (χ3n) is 4.69. The maximum absolute atomic E-state index is 14.4. The summed E-state index contributed by atoms with van der Waals surface area (Å²) >= 11 is 0. The lowest BCUT2D eigenvalue weighted by molar-refractivity contribution is 0.530. The number of fused-ring (bicyclic) bond motifs is 2.